The number of carbonyl (C=O) groups excluding carboxylic acids is 3. The van der Waals surface area contributed by atoms with Gasteiger partial charge in [-0.1, -0.05) is 20.8 Å². The van der Waals surface area contributed by atoms with Crippen LogP contribution in [0.25, 0.3) is 0 Å². The van der Waals surface area contributed by atoms with Gasteiger partial charge in [-0.2, -0.15) is 0 Å². The highest BCUT2D eigenvalue weighted by atomic mass is 16.5. The third kappa shape index (κ3) is 6.24. The van der Waals surface area contributed by atoms with Crippen molar-refractivity contribution in [3.05, 3.63) is 52.1 Å². The van der Waals surface area contributed by atoms with Gasteiger partial charge in [0.1, 0.15) is 11.6 Å². The fourth-order valence-electron chi connectivity index (χ4n) is 4.34. The lowest BCUT2D eigenvalue weighted by molar-refractivity contribution is -0.118. The molecule has 0 radical (unpaired) electrons. The summed E-state index contributed by atoms with van der Waals surface area (Å²) in [5.41, 5.74) is 13.1. The minimum atomic E-state index is -0.641. The quantitative estimate of drug-likeness (QED) is 0.284. The summed E-state index contributed by atoms with van der Waals surface area (Å²) in [7, 11) is 1.51. The van der Waals surface area contributed by atoms with Gasteiger partial charge in [0.05, 0.1) is 32.4 Å². The van der Waals surface area contributed by atoms with Crippen molar-refractivity contribution in [1.82, 2.24) is 4.90 Å². The molecule has 0 unspecified atom stereocenters. The monoisotopic (exact) mass is 524 g/mol. The average molecular weight is 525 g/mol. The van der Waals surface area contributed by atoms with Crippen molar-refractivity contribution in [3.8, 4) is 17.2 Å². The van der Waals surface area contributed by atoms with E-state index in [4.69, 9.17) is 31.1 Å². The first kappa shape index (κ1) is 28.5. The Morgan fingerprint density at radius 2 is 1.76 bits per heavy atom. The second-order valence-corrected chi connectivity index (χ2v) is 10.2. The molecule has 10 nitrogen and oxygen atoms in total. The Morgan fingerprint density at radius 1 is 1.05 bits per heavy atom. The molecule has 0 aromatic heterocycles. The van der Waals surface area contributed by atoms with Gasteiger partial charge in [0, 0.05) is 29.7 Å². The van der Waals surface area contributed by atoms with Crippen LogP contribution in [0.3, 0.4) is 0 Å². The zero-order valence-electron chi connectivity index (χ0n) is 22.6. The van der Waals surface area contributed by atoms with Crippen LogP contribution in [0.4, 0.5) is 0 Å². The molecule has 5 N–H and O–H groups in total. The number of nitrogens with zero attached hydrogens (tertiary/aromatic N) is 1. The predicted octanol–water partition coefficient (Wildman–Crippen LogP) is 3.16. The van der Waals surface area contributed by atoms with Crippen LogP contribution in [0.1, 0.15) is 77.9 Å². The number of ether oxygens (including phenoxy) is 3. The summed E-state index contributed by atoms with van der Waals surface area (Å²) in [6, 6.07) is 6.69. The van der Waals surface area contributed by atoms with E-state index in [0.717, 1.165) is 11.1 Å². The third-order valence-corrected chi connectivity index (χ3v) is 6.26. The maximum atomic E-state index is 13.5. The number of benzene rings is 2. The molecule has 2 amide bonds. The summed E-state index contributed by atoms with van der Waals surface area (Å²) >= 11 is 0. The molecule has 3 rings (SSSR count). The van der Waals surface area contributed by atoms with Crippen molar-refractivity contribution in [2.75, 3.05) is 26.9 Å². The highest BCUT2D eigenvalue weighted by Crippen LogP contribution is 2.40. The largest absolute Gasteiger partial charge is 0.493 e. The van der Waals surface area contributed by atoms with Gasteiger partial charge in [-0.25, -0.2) is 0 Å². The molecule has 204 valence electrons. The Balaban J connectivity index is 1.87. The van der Waals surface area contributed by atoms with Crippen LogP contribution in [0, 0.1) is 5.41 Å². The van der Waals surface area contributed by atoms with Gasteiger partial charge in [0.2, 0.25) is 5.91 Å². The number of nitrogens with two attached hydrogens (primary N) is 2. The number of carbonyl (C=O) groups is 3. The molecular formula is C28H36N4O6. The van der Waals surface area contributed by atoms with Crippen molar-refractivity contribution in [2.24, 2.45) is 11.5 Å². The molecule has 0 saturated heterocycles. The zero-order valence-corrected chi connectivity index (χ0v) is 22.6. The smallest absolute Gasteiger partial charge is 0.252 e. The molecule has 0 spiro atoms. The Bertz CT molecular complexity index is 1260. The Morgan fingerprint density at radius 3 is 2.34 bits per heavy atom. The number of amidine groups is 1. The molecule has 1 heterocycles. The average Bonchev–Trinajstić information content (AvgIpc) is 3.14. The van der Waals surface area contributed by atoms with Gasteiger partial charge >= 0.3 is 0 Å². The normalized spacial score (nSPS) is 12.8. The number of methoxy groups -OCH3 is 1. The first-order valence-corrected chi connectivity index (χ1v) is 12.5. The maximum absolute atomic E-state index is 13.5. The first-order chi connectivity index (χ1) is 17.9. The number of hydrogen-bond donors (Lipinski definition) is 3. The van der Waals surface area contributed by atoms with Gasteiger partial charge in [0.15, 0.2) is 17.3 Å². The van der Waals surface area contributed by atoms with Gasteiger partial charge in [-0.05, 0) is 48.6 Å². The van der Waals surface area contributed by atoms with E-state index >= 15 is 0 Å². The van der Waals surface area contributed by atoms with Crippen molar-refractivity contribution < 1.29 is 28.6 Å². The number of rotatable bonds is 12. The standard InChI is InChI=1S/C28H36N4O6/c1-6-37-22-12-17-14-32(26(30)18(17)13-19(22)27(31)35)15-21(33)16-10-20(28(2,3)4)25(23(11-16)36-5)38-9-7-8-24(29)34/h10-13,30H,6-9,14-15H2,1-5H3,(H2,29,34)(H2,31,35). The second-order valence-electron chi connectivity index (χ2n) is 10.2. The van der Waals surface area contributed by atoms with Gasteiger partial charge in [0.25, 0.3) is 5.91 Å². The van der Waals surface area contributed by atoms with E-state index in [1.165, 1.54) is 7.11 Å². The SMILES string of the molecule is CCOc1cc2c(cc1C(N)=O)C(=N)N(CC(=O)c1cc(OC)c(OCCCC(N)=O)c(C(C)(C)C)c1)C2. The second kappa shape index (κ2) is 11.5. The van der Waals surface area contributed by atoms with Gasteiger partial charge < -0.3 is 30.6 Å². The minimum Gasteiger partial charge on any atom is -0.493 e. The number of primary amides is 2. The molecule has 38 heavy (non-hydrogen) atoms. The fraction of sp³-hybridized carbons (Fsp3) is 0.429. The van der Waals surface area contributed by atoms with E-state index in [2.05, 4.69) is 0 Å². The highest BCUT2D eigenvalue weighted by molar-refractivity contribution is 6.07. The summed E-state index contributed by atoms with van der Waals surface area (Å²) in [6.45, 7) is 8.74. The van der Waals surface area contributed by atoms with Crippen molar-refractivity contribution in [1.29, 1.82) is 5.41 Å². The van der Waals surface area contributed by atoms with Crippen LogP contribution < -0.4 is 25.7 Å². The lowest BCUT2D eigenvalue weighted by Crippen LogP contribution is -2.30. The lowest BCUT2D eigenvalue weighted by atomic mass is 9.84. The number of hydrogen-bond acceptors (Lipinski definition) is 7. The molecule has 1 aliphatic rings. The van der Waals surface area contributed by atoms with Crippen molar-refractivity contribution in [3.63, 3.8) is 0 Å². The molecule has 0 aliphatic carbocycles. The number of Topliss-reactive ketones (excluding diaryl/α,β-unsaturated/α-hetero) is 1. The highest BCUT2D eigenvalue weighted by Gasteiger charge is 2.30. The lowest BCUT2D eigenvalue weighted by Gasteiger charge is -2.26. The molecular weight excluding hydrogens is 488 g/mol. The Kier molecular flexibility index (Phi) is 8.65. The van der Waals surface area contributed by atoms with Crippen LogP contribution >= 0.6 is 0 Å². The molecule has 0 atom stereocenters. The molecule has 2 aromatic carbocycles. The van der Waals surface area contributed by atoms with Crippen LogP contribution in [0.5, 0.6) is 17.2 Å². The zero-order chi connectivity index (χ0) is 28.2. The summed E-state index contributed by atoms with van der Waals surface area (Å²) in [6.07, 6.45) is 0.670. The van der Waals surface area contributed by atoms with E-state index < -0.39 is 11.8 Å². The topological polar surface area (TPSA) is 158 Å². The number of amides is 2. The van der Waals surface area contributed by atoms with Gasteiger partial charge in [-0.15, -0.1) is 0 Å². The van der Waals surface area contributed by atoms with E-state index in [9.17, 15) is 14.4 Å². The van der Waals surface area contributed by atoms with Crippen LogP contribution in [-0.2, 0) is 16.8 Å². The number of ketones is 1. The Labute approximate surface area is 222 Å². The molecule has 1 aliphatic heterocycles. The summed E-state index contributed by atoms with van der Waals surface area (Å²) in [5.74, 6) is 0.190. The van der Waals surface area contributed by atoms with Gasteiger partial charge in [-0.3, -0.25) is 19.8 Å². The summed E-state index contributed by atoms with van der Waals surface area (Å²) < 4.78 is 17.1. The molecule has 2 aromatic rings. The fourth-order valence-corrected chi connectivity index (χ4v) is 4.34. The predicted molar refractivity (Wildman–Crippen MR) is 143 cm³/mol. The van der Waals surface area contributed by atoms with Crippen molar-refractivity contribution >= 4 is 23.4 Å². The maximum Gasteiger partial charge on any atom is 0.252 e. The summed E-state index contributed by atoms with van der Waals surface area (Å²) in [5, 5.41) is 8.64. The molecule has 0 saturated carbocycles. The molecule has 0 fully saturated rings. The van der Waals surface area contributed by atoms with Crippen LogP contribution in [-0.4, -0.2) is 55.2 Å². The van der Waals surface area contributed by atoms with E-state index in [0.29, 0.717) is 47.9 Å². The van der Waals surface area contributed by atoms with Crippen LogP contribution in [0.2, 0.25) is 0 Å². The van der Waals surface area contributed by atoms with E-state index in [1.807, 2.05) is 27.7 Å². The van der Waals surface area contributed by atoms with Crippen LogP contribution in [0.15, 0.2) is 24.3 Å². The molecule has 0 bridgehead atoms. The number of fused-ring (bicyclic) bond motifs is 1. The first-order valence-electron chi connectivity index (χ1n) is 12.5. The van der Waals surface area contributed by atoms with E-state index in [1.54, 1.807) is 29.2 Å². The minimum absolute atomic E-state index is 0.0467. The molecule has 10 heteroatoms. The third-order valence-electron chi connectivity index (χ3n) is 6.26. The Hall–Kier alpha value is -4.08. The number of nitrogens with one attached hydrogen (secondary N) is 1. The van der Waals surface area contributed by atoms with Crippen molar-refractivity contribution in [2.45, 2.75) is 52.5 Å². The van der Waals surface area contributed by atoms with E-state index in [-0.39, 0.29) is 42.2 Å². The summed E-state index contributed by atoms with van der Waals surface area (Å²) in [4.78, 5) is 38.1.